The van der Waals surface area contributed by atoms with Gasteiger partial charge in [-0.15, -0.1) is 0 Å². The van der Waals surface area contributed by atoms with Gasteiger partial charge in [-0.1, -0.05) is 13.3 Å². The SMILES string of the molecule is CCCCn1c(=O)n(CCC2COC(C)(C)O2)c(=O)c2c1ncn2CC(C)=O. The maximum atomic E-state index is 13.1. The highest BCUT2D eigenvalue weighted by atomic mass is 16.7. The highest BCUT2D eigenvalue weighted by Crippen LogP contribution is 2.24. The maximum Gasteiger partial charge on any atom is 0.332 e. The number of hydrogen-bond donors (Lipinski definition) is 0. The lowest BCUT2D eigenvalue weighted by Crippen LogP contribution is -2.41. The van der Waals surface area contributed by atoms with Crippen LogP contribution in [0.25, 0.3) is 11.2 Å². The van der Waals surface area contributed by atoms with Crippen LogP contribution in [0, 0.1) is 0 Å². The summed E-state index contributed by atoms with van der Waals surface area (Å²) >= 11 is 0. The second kappa shape index (κ2) is 8.00. The third kappa shape index (κ3) is 4.10. The lowest BCUT2D eigenvalue weighted by Gasteiger charge is -2.17. The molecule has 3 rings (SSSR count). The molecule has 1 saturated heterocycles. The molecule has 9 heteroatoms. The first-order valence-corrected chi connectivity index (χ1v) is 9.73. The quantitative estimate of drug-likeness (QED) is 0.672. The number of aryl methyl sites for hydroxylation is 1. The van der Waals surface area contributed by atoms with Gasteiger partial charge in [0.1, 0.15) is 5.78 Å². The van der Waals surface area contributed by atoms with Gasteiger partial charge in [0.15, 0.2) is 17.0 Å². The van der Waals surface area contributed by atoms with E-state index in [1.54, 1.807) is 0 Å². The molecule has 0 aromatic carbocycles. The summed E-state index contributed by atoms with van der Waals surface area (Å²) in [5.74, 6) is -0.739. The second-order valence-electron chi connectivity index (χ2n) is 7.73. The fourth-order valence-electron chi connectivity index (χ4n) is 3.49. The van der Waals surface area contributed by atoms with Crippen molar-refractivity contribution in [3.8, 4) is 0 Å². The standard InChI is InChI=1S/C19H28N4O5/c1-5-6-8-22-16-15(21(12-20-16)10-13(2)24)17(25)23(18(22)26)9-7-14-11-27-19(3,4)28-14/h12,14H,5-11H2,1-4H3. The summed E-state index contributed by atoms with van der Waals surface area (Å²) in [6.07, 6.45) is 3.46. The van der Waals surface area contributed by atoms with Gasteiger partial charge in [-0.05, 0) is 33.6 Å². The molecule has 0 saturated carbocycles. The van der Waals surface area contributed by atoms with Crippen LogP contribution in [0.5, 0.6) is 0 Å². The van der Waals surface area contributed by atoms with Crippen LogP contribution in [0.2, 0.25) is 0 Å². The average molecular weight is 392 g/mol. The molecular formula is C19H28N4O5. The van der Waals surface area contributed by atoms with Gasteiger partial charge in [0, 0.05) is 13.1 Å². The Morgan fingerprint density at radius 1 is 1.29 bits per heavy atom. The third-order valence-electron chi connectivity index (χ3n) is 4.85. The second-order valence-corrected chi connectivity index (χ2v) is 7.73. The highest BCUT2D eigenvalue weighted by molar-refractivity contribution is 5.78. The molecule has 9 nitrogen and oxygen atoms in total. The molecule has 28 heavy (non-hydrogen) atoms. The number of ether oxygens (including phenoxy) is 2. The van der Waals surface area contributed by atoms with E-state index in [-0.39, 0.29) is 36.2 Å². The number of hydrogen-bond acceptors (Lipinski definition) is 6. The van der Waals surface area contributed by atoms with Gasteiger partial charge in [0.2, 0.25) is 0 Å². The summed E-state index contributed by atoms with van der Waals surface area (Å²) < 4.78 is 15.6. The highest BCUT2D eigenvalue weighted by Gasteiger charge is 2.32. The number of Topliss-reactive ketones (excluding diaryl/α,β-unsaturated/α-hetero) is 1. The van der Waals surface area contributed by atoms with E-state index in [0.29, 0.717) is 25.2 Å². The van der Waals surface area contributed by atoms with Crippen LogP contribution < -0.4 is 11.2 Å². The minimum Gasteiger partial charge on any atom is -0.348 e. The molecule has 0 spiro atoms. The Morgan fingerprint density at radius 2 is 2.04 bits per heavy atom. The Bertz CT molecular complexity index is 985. The van der Waals surface area contributed by atoms with Crippen LogP contribution in [0.4, 0.5) is 0 Å². The van der Waals surface area contributed by atoms with Crippen molar-refractivity contribution in [3.05, 3.63) is 27.2 Å². The number of imidazole rings is 1. The van der Waals surface area contributed by atoms with Gasteiger partial charge in [-0.3, -0.25) is 18.7 Å². The Hall–Kier alpha value is -2.26. The zero-order valence-corrected chi connectivity index (χ0v) is 16.9. The predicted molar refractivity (Wildman–Crippen MR) is 103 cm³/mol. The summed E-state index contributed by atoms with van der Waals surface area (Å²) in [5.41, 5.74) is -0.181. The van der Waals surface area contributed by atoms with Crippen molar-refractivity contribution >= 4 is 16.9 Å². The molecule has 0 bridgehead atoms. The molecule has 2 aromatic rings. The van der Waals surface area contributed by atoms with Gasteiger partial charge in [-0.25, -0.2) is 9.78 Å². The van der Waals surface area contributed by atoms with Crippen molar-refractivity contribution in [2.45, 2.75) is 78.5 Å². The van der Waals surface area contributed by atoms with Gasteiger partial charge in [0.25, 0.3) is 5.56 Å². The Balaban J connectivity index is 2.01. The number of carbonyl (C=O) groups is 1. The van der Waals surface area contributed by atoms with E-state index in [4.69, 9.17) is 9.47 Å². The van der Waals surface area contributed by atoms with Gasteiger partial charge < -0.3 is 14.0 Å². The summed E-state index contributed by atoms with van der Waals surface area (Å²) in [4.78, 5) is 41.9. The van der Waals surface area contributed by atoms with Crippen molar-refractivity contribution in [3.63, 3.8) is 0 Å². The zero-order valence-electron chi connectivity index (χ0n) is 16.9. The number of fused-ring (bicyclic) bond motifs is 1. The van der Waals surface area contributed by atoms with E-state index >= 15 is 0 Å². The number of carbonyl (C=O) groups excluding carboxylic acids is 1. The Labute approximate surface area is 162 Å². The topological polar surface area (TPSA) is 97.3 Å². The summed E-state index contributed by atoms with van der Waals surface area (Å²) in [6.45, 7) is 8.32. The van der Waals surface area contributed by atoms with Crippen LogP contribution in [-0.2, 0) is 33.9 Å². The van der Waals surface area contributed by atoms with E-state index in [1.165, 1.54) is 27.0 Å². The molecular weight excluding hydrogens is 364 g/mol. The molecule has 3 heterocycles. The smallest absolute Gasteiger partial charge is 0.332 e. The molecule has 0 radical (unpaired) electrons. The molecule has 1 fully saturated rings. The number of unbranched alkanes of at least 4 members (excludes halogenated alkanes) is 1. The Morgan fingerprint density at radius 3 is 2.64 bits per heavy atom. The summed E-state index contributed by atoms with van der Waals surface area (Å²) in [5, 5.41) is 0. The van der Waals surface area contributed by atoms with E-state index in [2.05, 4.69) is 4.98 Å². The van der Waals surface area contributed by atoms with E-state index in [0.717, 1.165) is 12.8 Å². The van der Waals surface area contributed by atoms with Crippen molar-refractivity contribution in [1.82, 2.24) is 18.7 Å². The first-order chi connectivity index (χ1) is 13.2. The van der Waals surface area contributed by atoms with Crippen LogP contribution in [0.3, 0.4) is 0 Å². The monoisotopic (exact) mass is 392 g/mol. The first-order valence-electron chi connectivity index (χ1n) is 9.73. The fourth-order valence-corrected chi connectivity index (χ4v) is 3.49. The van der Waals surface area contributed by atoms with Gasteiger partial charge in [-0.2, -0.15) is 0 Å². The molecule has 0 aliphatic carbocycles. The first kappa shape index (κ1) is 20.5. The van der Waals surface area contributed by atoms with E-state index < -0.39 is 11.3 Å². The molecule has 1 aliphatic rings. The van der Waals surface area contributed by atoms with Crippen molar-refractivity contribution < 1.29 is 14.3 Å². The minimum absolute atomic E-state index is 0.0471. The largest absolute Gasteiger partial charge is 0.348 e. The third-order valence-corrected chi connectivity index (χ3v) is 4.85. The normalized spacial score (nSPS) is 18.8. The van der Waals surface area contributed by atoms with Crippen molar-refractivity contribution in [1.29, 1.82) is 0 Å². The van der Waals surface area contributed by atoms with Crippen LogP contribution in [0.15, 0.2) is 15.9 Å². The maximum absolute atomic E-state index is 13.1. The van der Waals surface area contributed by atoms with Crippen molar-refractivity contribution in [2.24, 2.45) is 0 Å². The van der Waals surface area contributed by atoms with E-state index in [1.807, 2.05) is 20.8 Å². The molecule has 0 N–H and O–H groups in total. The van der Waals surface area contributed by atoms with Crippen LogP contribution in [-0.4, -0.2) is 43.0 Å². The lowest BCUT2D eigenvalue weighted by molar-refractivity contribution is -0.139. The number of aromatic nitrogens is 4. The molecule has 154 valence electrons. The minimum atomic E-state index is -0.652. The molecule has 2 aromatic heterocycles. The van der Waals surface area contributed by atoms with Crippen LogP contribution >= 0.6 is 0 Å². The summed E-state index contributed by atoms with van der Waals surface area (Å²) in [6, 6.07) is 0. The molecule has 1 aliphatic heterocycles. The predicted octanol–water partition coefficient (Wildman–Crippen LogP) is 1.29. The van der Waals surface area contributed by atoms with E-state index in [9.17, 15) is 14.4 Å². The van der Waals surface area contributed by atoms with Crippen molar-refractivity contribution in [2.75, 3.05) is 6.61 Å². The molecule has 1 unspecified atom stereocenters. The van der Waals surface area contributed by atoms with Gasteiger partial charge in [0.05, 0.1) is 25.6 Å². The summed E-state index contributed by atoms with van der Waals surface area (Å²) in [7, 11) is 0. The molecule has 1 atom stereocenters. The number of ketones is 1. The average Bonchev–Trinajstić information content (AvgIpc) is 3.17. The molecule has 0 amide bonds. The number of rotatable bonds is 8. The Kier molecular flexibility index (Phi) is 5.85. The van der Waals surface area contributed by atoms with Gasteiger partial charge >= 0.3 is 5.69 Å². The zero-order chi connectivity index (χ0) is 20.5. The lowest BCUT2D eigenvalue weighted by atomic mass is 10.2. The fraction of sp³-hybridized carbons (Fsp3) is 0.684. The number of nitrogens with zero attached hydrogens (tertiary/aromatic N) is 4. The van der Waals surface area contributed by atoms with Crippen LogP contribution in [0.1, 0.15) is 47.0 Å².